The van der Waals surface area contributed by atoms with E-state index in [1.807, 2.05) is 0 Å². The van der Waals surface area contributed by atoms with Crippen molar-refractivity contribution >= 4 is 24.3 Å². The Morgan fingerprint density at radius 3 is 3.19 bits per heavy atom. The Balaban J connectivity index is 1.90. The second-order valence-electron chi connectivity index (χ2n) is 3.98. The number of hydrogen-bond donors (Lipinski definition) is 1. The molecular weight excluding hydrogens is 204 g/mol. The summed E-state index contributed by atoms with van der Waals surface area (Å²) in [5, 5.41) is 2.96. The minimum atomic E-state index is -0.107. The quantitative estimate of drug-likeness (QED) is 0.665. The molecule has 16 heavy (non-hydrogen) atoms. The number of hydrogen-bond acceptors (Lipinski definition) is 5. The zero-order valence-electron chi connectivity index (χ0n) is 9.59. The van der Waals surface area contributed by atoms with Crippen LogP contribution in [0.1, 0.15) is 6.42 Å². The van der Waals surface area contributed by atoms with Gasteiger partial charge in [-0.25, -0.2) is 9.98 Å². The molecule has 0 amide bonds. The molecule has 86 valence electrons. The van der Waals surface area contributed by atoms with Gasteiger partial charge < -0.3 is 10.2 Å². The van der Waals surface area contributed by atoms with E-state index in [0.717, 1.165) is 31.2 Å². The summed E-state index contributed by atoms with van der Waals surface area (Å²) in [5.41, 5.74) is 0. The second kappa shape index (κ2) is 4.98. The first kappa shape index (κ1) is 10.9. The summed E-state index contributed by atoms with van der Waals surface area (Å²) in [5.74, 6) is 1.58. The third-order valence-electron chi connectivity index (χ3n) is 2.36. The van der Waals surface area contributed by atoms with E-state index in [4.69, 9.17) is 0 Å². The van der Waals surface area contributed by atoms with Crippen molar-refractivity contribution in [2.75, 3.05) is 27.2 Å². The molecule has 2 heterocycles. The Bertz CT molecular complexity index is 366. The zero-order valence-corrected chi connectivity index (χ0v) is 9.59. The lowest BCUT2D eigenvalue weighted by molar-refractivity contribution is 0.403. The Morgan fingerprint density at radius 1 is 1.50 bits per heavy atom. The van der Waals surface area contributed by atoms with E-state index >= 15 is 0 Å². The number of rotatable bonds is 4. The third-order valence-corrected chi connectivity index (χ3v) is 2.36. The van der Waals surface area contributed by atoms with Crippen molar-refractivity contribution in [1.29, 1.82) is 0 Å². The second-order valence-corrected chi connectivity index (χ2v) is 3.98. The van der Waals surface area contributed by atoms with Crippen LogP contribution in [0.15, 0.2) is 20.0 Å². The number of nitrogens with zero attached hydrogens (tertiary/aromatic N) is 5. The lowest BCUT2D eigenvalue weighted by atomic mass is 10.2. The average Bonchev–Trinajstić information content (AvgIpc) is 2.72. The maximum Gasteiger partial charge on any atom is 0.168 e. The highest BCUT2D eigenvalue weighted by Crippen LogP contribution is 2.07. The van der Waals surface area contributed by atoms with E-state index in [0.29, 0.717) is 0 Å². The molecule has 6 heteroatoms. The molecule has 1 atom stereocenters. The first-order valence-corrected chi connectivity index (χ1v) is 5.35. The number of nitrogens with one attached hydrogen (secondary N) is 1. The lowest BCUT2D eigenvalue weighted by Crippen LogP contribution is -2.40. The lowest BCUT2D eigenvalue weighted by Gasteiger charge is -2.15. The van der Waals surface area contributed by atoms with Crippen molar-refractivity contribution in [2.24, 2.45) is 20.0 Å². The van der Waals surface area contributed by atoms with Crippen molar-refractivity contribution in [3.05, 3.63) is 0 Å². The highest BCUT2D eigenvalue weighted by Gasteiger charge is 2.25. The molecule has 2 aliphatic rings. The summed E-state index contributed by atoms with van der Waals surface area (Å²) >= 11 is 0. The van der Waals surface area contributed by atoms with Gasteiger partial charge in [-0.05, 0) is 27.1 Å². The van der Waals surface area contributed by atoms with Crippen LogP contribution >= 0.6 is 0 Å². The monoisotopic (exact) mass is 220 g/mol. The minimum Gasteiger partial charge on any atom is -0.332 e. The Labute approximate surface area is 94.9 Å². The Morgan fingerprint density at radius 2 is 2.38 bits per heavy atom. The molecule has 0 aromatic carbocycles. The van der Waals surface area contributed by atoms with Gasteiger partial charge in [0.05, 0.1) is 6.34 Å². The molecule has 6 nitrogen and oxygen atoms in total. The van der Waals surface area contributed by atoms with Crippen molar-refractivity contribution in [1.82, 2.24) is 10.2 Å². The van der Waals surface area contributed by atoms with Crippen LogP contribution in [-0.2, 0) is 0 Å². The van der Waals surface area contributed by atoms with Crippen molar-refractivity contribution < 1.29 is 0 Å². The van der Waals surface area contributed by atoms with Gasteiger partial charge >= 0.3 is 0 Å². The standard InChI is InChI=1S/C10H16N6/c1-16(2)5-3-4-11-9-8-10(13-6-12-8)15-7-14-9/h6-8H,3-5H2,1-2H3,(H,11,12,13,14,15). The van der Waals surface area contributed by atoms with Crippen LogP contribution < -0.4 is 5.32 Å². The van der Waals surface area contributed by atoms with Gasteiger partial charge in [-0.15, -0.1) is 0 Å². The zero-order chi connectivity index (χ0) is 11.4. The summed E-state index contributed by atoms with van der Waals surface area (Å²) < 4.78 is 0. The van der Waals surface area contributed by atoms with Crippen LogP contribution in [0.4, 0.5) is 0 Å². The molecule has 2 aliphatic heterocycles. The summed E-state index contributed by atoms with van der Waals surface area (Å²) in [6.45, 7) is 1.82. The van der Waals surface area contributed by atoms with E-state index in [1.165, 1.54) is 0 Å². The van der Waals surface area contributed by atoms with Gasteiger partial charge in [0.1, 0.15) is 12.2 Å². The van der Waals surface area contributed by atoms with Crippen LogP contribution in [0, 0.1) is 0 Å². The van der Waals surface area contributed by atoms with Gasteiger partial charge in [0.25, 0.3) is 0 Å². The predicted octanol–water partition coefficient (Wildman–Crippen LogP) is -0.223. The summed E-state index contributed by atoms with van der Waals surface area (Å²) in [6.07, 6.45) is 4.20. The summed E-state index contributed by atoms with van der Waals surface area (Å²) in [4.78, 5) is 19.1. The fourth-order valence-electron chi connectivity index (χ4n) is 1.55. The molecule has 0 aromatic heterocycles. The first-order valence-electron chi connectivity index (χ1n) is 5.35. The molecule has 0 spiro atoms. The third kappa shape index (κ3) is 2.52. The molecule has 2 rings (SSSR count). The first-order chi connectivity index (χ1) is 7.77. The fourth-order valence-corrected chi connectivity index (χ4v) is 1.55. The topological polar surface area (TPSA) is 64.7 Å². The summed E-state index contributed by atoms with van der Waals surface area (Å²) in [7, 11) is 4.11. The number of aliphatic imine (C=N–C) groups is 4. The number of amidine groups is 2. The van der Waals surface area contributed by atoms with Crippen LogP contribution in [0.25, 0.3) is 0 Å². The van der Waals surface area contributed by atoms with Crippen molar-refractivity contribution in [3.8, 4) is 0 Å². The van der Waals surface area contributed by atoms with Crippen LogP contribution in [0.2, 0.25) is 0 Å². The average molecular weight is 220 g/mol. The number of fused-ring (bicyclic) bond motifs is 1. The smallest absolute Gasteiger partial charge is 0.168 e. The molecule has 0 bridgehead atoms. The van der Waals surface area contributed by atoms with E-state index in [1.54, 1.807) is 12.7 Å². The minimum absolute atomic E-state index is 0.107. The maximum absolute atomic E-state index is 4.46. The molecule has 0 radical (unpaired) electrons. The predicted molar refractivity (Wildman–Crippen MR) is 66.8 cm³/mol. The molecule has 1 N–H and O–H groups in total. The van der Waals surface area contributed by atoms with Crippen molar-refractivity contribution in [3.63, 3.8) is 0 Å². The maximum atomic E-state index is 4.46. The van der Waals surface area contributed by atoms with E-state index in [-0.39, 0.29) is 6.04 Å². The molecule has 0 aliphatic carbocycles. The molecule has 0 aromatic rings. The van der Waals surface area contributed by atoms with Gasteiger partial charge in [0, 0.05) is 6.54 Å². The van der Waals surface area contributed by atoms with Gasteiger partial charge in [-0.1, -0.05) is 0 Å². The van der Waals surface area contributed by atoms with Gasteiger partial charge in [-0.3, -0.25) is 9.98 Å². The van der Waals surface area contributed by atoms with Gasteiger partial charge in [0.15, 0.2) is 11.9 Å². The van der Waals surface area contributed by atoms with Crippen LogP contribution in [-0.4, -0.2) is 62.5 Å². The van der Waals surface area contributed by atoms with E-state index < -0.39 is 0 Å². The fraction of sp³-hybridized carbons (Fsp3) is 0.600. The Kier molecular flexibility index (Phi) is 3.40. The van der Waals surface area contributed by atoms with Gasteiger partial charge in [-0.2, -0.15) is 0 Å². The largest absolute Gasteiger partial charge is 0.332 e. The normalized spacial score (nSPS) is 24.8. The molecule has 0 fully saturated rings. The molecule has 1 unspecified atom stereocenters. The Hall–Kier alpha value is -1.56. The van der Waals surface area contributed by atoms with Crippen molar-refractivity contribution in [2.45, 2.75) is 12.5 Å². The highest BCUT2D eigenvalue weighted by atomic mass is 15.2. The highest BCUT2D eigenvalue weighted by molar-refractivity contribution is 6.21. The van der Waals surface area contributed by atoms with Gasteiger partial charge in [0.2, 0.25) is 0 Å². The van der Waals surface area contributed by atoms with E-state index in [2.05, 4.69) is 44.3 Å². The molecular formula is C10H16N6. The molecule has 0 saturated heterocycles. The van der Waals surface area contributed by atoms with E-state index in [9.17, 15) is 0 Å². The molecule has 0 saturated carbocycles. The summed E-state index contributed by atoms with van der Waals surface area (Å²) in [6, 6.07) is -0.107. The van der Waals surface area contributed by atoms with Crippen LogP contribution in [0.5, 0.6) is 0 Å². The SMILES string of the molecule is CN(C)CCCN=C1N=CNC2=NC=NC12. The van der Waals surface area contributed by atoms with Crippen LogP contribution in [0.3, 0.4) is 0 Å².